The molecule has 0 spiro atoms. The summed E-state index contributed by atoms with van der Waals surface area (Å²) in [6.07, 6.45) is 3.18. The molecule has 1 unspecified atom stereocenters. The average molecular weight is 387 g/mol. The van der Waals surface area contributed by atoms with Crippen molar-refractivity contribution >= 4 is 17.5 Å². The van der Waals surface area contributed by atoms with Crippen LogP contribution in [0.15, 0.2) is 67.0 Å². The number of aromatic nitrogens is 1. The Morgan fingerprint density at radius 3 is 2.45 bits per heavy atom. The minimum atomic E-state index is -0.372. The molecule has 5 nitrogen and oxygen atoms in total. The van der Waals surface area contributed by atoms with E-state index in [1.165, 1.54) is 0 Å². The molecule has 2 N–H and O–H groups in total. The number of pyridine rings is 1. The summed E-state index contributed by atoms with van der Waals surface area (Å²) in [6, 6.07) is 17.0. The van der Waals surface area contributed by atoms with E-state index < -0.39 is 0 Å². The van der Waals surface area contributed by atoms with Gasteiger partial charge in [-0.2, -0.15) is 0 Å². The summed E-state index contributed by atoms with van der Waals surface area (Å²) in [7, 11) is 0. The van der Waals surface area contributed by atoms with Crippen LogP contribution in [0.2, 0.25) is 0 Å². The number of aryl methyl sites for hydroxylation is 3. The molecule has 148 valence electrons. The molecular weight excluding hydrogens is 362 g/mol. The van der Waals surface area contributed by atoms with Gasteiger partial charge >= 0.3 is 0 Å². The van der Waals surface area contributed by atoms with Crippen LogP contribution >= 0.6 is 0 Å². The average Bonchev–Trinajstić information content (AvgIpc) is 2.69. The van der Waals surface area contributed by atoms with Gasteiger partial charge in [-0.1, -0.05) is 42.0 Å². The summed E-state index contributed by atoms with van der Waals surface area (Å²) in [5.74, 6) is -0.691. The van der Waals surface area contributed by atoms with Crippen LogP contribution in [0, 0.1) is 20.8 Å². The highest BCUT2D eigenvalue weighted by Crippen LogP contribution is 2.25. The second-order valence-corrected chi connectivity index (χ2v) is 7.24. The van der Waals surface area contributed by atoms with E-state index in [0.717, 1.165) is 27.8 Å². The van der Waals surface area contributed by atoms with E-state index in [-0.39, 0.29) is 24.3 Å². The first-order chi connectivity index (χ1) is 13.9. The lowest BCUT2D eigenvalue weighted by Crippen LogP contribution is -2.32. The van der Waals surface area contributed by atoms with Gasteiger partial charge in [0, 0.05) is 18.1 Å². The van der Waals surface area contributed by atoms with Crippen molar-refractivity contribution < 1.29 is 9.59 Å². The fourth-order valence-corrected chi connectivity index (χ4v) is 3.24. The summed E-state index contributed by atoms with van der Waals surface area (Å²) in [6.45, 7) is 5.97. The first-order valence-corrected chi connectivity index (χ1v) is 9.55. The zero-order valence-electron chi connectivity index (χ0n) is 16.9. The van der Waals surface area contributed by atoms with Gasteiger partial charge in [-0.3, -0.25) is 14.6 Å². The van der Waals surface area contributed by atoms with Gasteiger partial charge in [0.25, 0.3) is 0 Å². The smallest absolute Gasteiger partial charge is 0.233 e. The predicted molar refractivity (Wildman–Crippen MR) is 115 cm³/mol. The molecule has 2 amide bonds. The highest BCUT2D eigenvalue weighted by molar-refractivity contribution is 6.03. The monoisotopic (exact) mass is 387 g/mol. The number of amides is 2. The van der Waals surface area contributed by atoms with Gasteiger partial charge in [0.1, 0.15) is 6.42 Å². The lowest BCUT2D eigenvalue weighted by Gasteiger charge is -2.22. The highest BCUT2D eigenvalue weighted by Gasteiger charge is 2.20. The topological polar surface area (TPSA) is 71.1 Å². The van der Waals surface area contributed by atoms with Crippen molar-refractivity contribution in [1.82, 2.24) is 10.3 Å². The molecule has 0 fully saturated rings. The van der Waals surface area contributed by atoms with Gasteiger partial charge in [0.15, 0.2) is 0 Å². The van der Waals surface area contributed by atoms with E-state index in [0.29, 0.717) is 5.69 Å². The number of rotatable bonds is 6. The Kier molecular flexibility index (Phi) is 6.39. The second kappa shape index (κ2) is 9.15. The molecule has 5 heteroatoms. The second-order valence-electron chi connectivity index (χ2n) is 7.24. The first kappa shape index (κ1) is 20.3. The predicted octanol–water partition coefficient (Wildman–Crippen LogP) is 4.24. The van der Waals surface area contributed by atoms with Crippen molar-refractivity contribution in [1.29, 1.82) is 0 Å². The number of nitrogens with one attached hydrogen (secondary N) is 2. The van der Waals surface area contributed by atoms with E-state index in [2.05, 4.69) is 21.7 Å². The molecule has 0 aliphatic rings. The zero-order chi connectivity index (χ0) is 20.8. The van der Waals surface area contributed by atoms with Crippen LogP contribution in [0.5, 0.6) is 0 Å². The summed E-state index contributed by atoms with van der Waals surface area (Å²) < 4.78 is 0. The van der Waals surface area contributed by atoms with Crippen molar-refractivity contribution in [3.63, 3.8) is 0 Å². The quantitative estimate of drug-likeness (QED) is 0.622. The minimum absolute atomic E-state index is 0.254. The van der Waals surface area contributed by atoms with Gasteiger partial charge in [-0.25, -0.2) is 0 Å². The Balaban J connectivity index is 1.76. The maximum atomic E-state index is 12.7. The normalized spacial score (nSPS) is 11.6. The molecule has 3 aromatic rings. The number of hydrogen-bond acceptors (Lipinski definition) is 3. The fourth-order valence-electron chi connectivity index (χ4n) is 3.24. The molecule has 0 saturated heterocycles. The van der Waals surface area contributed by atoms with Gasteiger partial charge in [0.2, 0.25) is 11.8 Å². The third kappa shape index (κ3) is 5.51. The van der Waals surface area contributed by atoms with Crippen molar-refractivity contribution in [2.45, 2.75) is 33.2 Å². The fraction of sp³-hybridized carbons (Fsp3) is 0.208. The number of carbonyl (C=O) groups excluding carboxylic acids is 2. The standard InChI is InChI=1S/C24H25N3O2/c1-16-6-4-8-20(12-16)26-22(28)14-23(29)27-24(19-7-5-11-25-15-19)21-13-17(2)9-10-18(21)3/h4-13,15,24H,14H2,1-3H3,(H,26,28)(H,27,29). The van der Waals surface area contributed by atoms with Crippen LogP contribution in [-0.4, -0.2) is 16.8 Å². The van der Waals surface area contributed by atoms with E-state index in [4.69, 9.17) is 0 Å². The third-order valence-corrected chi connectivity index (χ3v) is 4.69. The SMILES string of the molecule is Cc1cccc(NC(=O)CC(=O)NC(c2cccnc2)c2cc(C)ccc2C)c1. The Morgan fingerprint density at radius 2 is 1.72 bits per heavy atom. The highest BCUT2D eigenvalue weighted by atomic mass is 16.2. The number of benzene rings is 2. The van der Waals surface area contributed by atoms with Crippen LogP contribution in [0.25, 0.3) is 0 Å². The molecule has 0 aliphatic carbocycles. The molecule has 0 saturated carbocycles. The molecular formula is C24H25N3O2. The molecule has 1 atom stereocenters. The van der Waals surface area contributed by atoms with Crippen LogP contribution in [0.4, 0.5) is 5.69 Å². The zero-order valence-corrected chi connectivity index (χ0v) is 16.9. The Hall–Kier alpha value is -3.47. The van der Waals surface area contributed by atoms with Crippen molar-refractivity contribution in [2.24, 2.45) is 0 Å². The molecule has 0 bridgehead atoms. The number of carbonyl (C=O) groups is 2. The first-order valence-electron chi connectivity index (χ1n) is 9.55. The Bertz CT molecular complexity index is 1020. The van der Waals surface area contributed by atoms with Crippen LogP contribution < -0.4 is 10.6 Å². The number of nitrogens with zero attached hydrogens (tertiary/aromatic N) is 1. The third-order valence-electron chi connectivity index (χ3n) is 4.69. The van der Waals surface area contributed by atoms with Gasteiger partial charge in [-0.15, -0.1) is 0 Å². The minimum Gasteiger partial charge on any atom is -0.345 e. The van der Waals surface area contributed by atoms with Crippen molar-refractivity contribution in [3.8, 4) is 0 Å². The number of hydrogen-bond donors (Lipinski definition) is 2. The van der Waals surface area contributed by atoms with Gasteiger partial charge in [-0.05, 0) is 61.2 Å². The molecule has 3 rings (SSSR count). The van der Waals surface area contributed by atoms with Crippen LogP contribution in [-0.2, 0) is 9.59 Å². The van der Waals surface area contributed by atoms with Crippen molar-refractivity contribution in [3.05, 3.63) is 94.8 Å². The number of anilines is 1. The van der Waals surface area contributed by atoms with E-state index in [1.807, 2.05) is 63.2 Å². The summed E-state index contributed by atoms with van der Waals surface area (Å²) in [4.78, 5) is 29.2. The largest absolute Gasteiger partial charge is 0.345 e. The van der Waals surface area contributed by atoms with E-state index in [9.17, 15) is 9.59 Å². The van der Waals surface area contributed by atoms with Gasteiger partial charge < -0.3 is 10.6 Å². The Labute approximate surface area is 171 Å². The molecule has 0 radical (unpaired) electrons. The lowest BCUT2D eigenvalue weighted by molar-refractivity contribution is -0.127. The summed E-state index contributed by atoms with van der Waals surface area (Å²) >= 11 is 0. The summed E-state index contributed by atoms with van der Waals surface area (Å²) in [5, 5.41) is 5.78. The van der Waals surface area contributed by atoms with E-state index >= 15 is 0 Å². The van der Waals surface area contributed by atoms with Crippen LogP contribution in [0.3, 0.4) is 0 Å². The van der Waals surface area contributed by atoms with Crippen LogP contribution in [0.1, 0.15) is 40.3 Å². The van der Waals surface area contributed by atoms with Crippen molar-refractivity contribution in [2.75, 3.05) is 5.32 Å². The van der Waals surface area contributed by atoms with E-state index in [1.54, 1.807) is 18.5 Å². The molecule has 1 heterocycles. The van der Waals surface area contributed by atoms with Gasteiger partial charge in [0.05, 0.1) is 6.04 Å². The maximum Gasteiger partial charge on any atom is 0.233 e. The molecule has 1 aromatic heterocycles. The molecule has 2 aromatic carbocycles. The molecule has 29 heavy (non-hydrogen) atoms. The lowest BCUT2D eigenvalue weighted by atomic mass is 9.94. The summed E-state index contributed by atoms with van der Waals surface area (Å²) in [5.41, 5.74) is 5.75. The molecule has 0 aliphatic heterocycles. The Morgan fingerprint density at radius 1 is 0.931 bits per heavy atom. The maximum absolute atomic E-state index is 12.7.